The van der Waals surface area contributed by atoms with Gasteiger partial charge < -0.3 is 25.1 Å². The van der Waals surface area contributed by atoms with E-state index >= 15 is 0 Å². The topological polar surface area (TPSA) is 110 Å². The molecule has 3 rings (SSSR count). The minimum absolute atomic E-state index is 0.117. The Hall–Kier alpha value is -3.94. The molecular weight excluding hydrogens is 376 g/mol. The highest BCUT2D eigenvalue weighted by atomic mass is 16.7. The van der Waals surface area contributed by atoms with Crippen molar-refractivity contribution in [2.24, 2.45) is 0 Å². The molecule has 2 aromatic carbocycles. The molecule has 1 heterocycles. The molecule has 29 heavy (non-hydrogen) atoms. The van der Waals surface area contributed by atoms with Gasteiger partial charge in [-0.2, -0.15) is 0 Å². The molecule has 3 aromatic rings. The van der Waals surface area contributed by atoms with Crippen LogP contribution in [0.15, 0.2) is 66.7 Å². The molecule has 0 bridgehead atoms. The number of carbonyl (C=O) groups is 2. The number of hydrogen-bond acceptors (Lipinski definition) is 6. The van der Waals surface area contributed by atoms with Crippen molar-refractivity contribution >= 4 is 12.1 Å². The van der Waals surface area contributed by atoms with Gasteiger partial charge in [-0.15, -0.1) is 4.73 Å². The number of aromatic nitrogens is 1. The molecule has 0 aliphatic carbocycles. The molecule has 8 nitrogen and oxygen atoms in total. The van der Waals surface area contributed by atoms with E-state index in [1.807, 2.05) is 54.6 Å². The molecule has 1 atom stereocenters. The Morgan fingerprint density at radius 3 is 2.10 bits per heavy atom. The van der Waals surface area contributed by atoms with Crippen molar-refractivity contribution in [2.75, 3.05) is 7.11 Å². The number of nitrogens with zero attached hydrogens (tertiary/aromatic N) is 1. The summed E-state index contributed by atoms with van der Waals surface area (Å²) in [7, 11) is 1.18. The van der Waals surface area contributed by atoms with Gasteiger partial charge in [0, 0.05) is 18.6 Å². The van der Waals surface area contributed by atoms with E-state index in [9.17, 15) is 19.8 Å². The fraction of sp³-hybridized carbons (Fsp3) is 0.143. The Morgan fingerprint density at radius 1 is 0.931 bits per heavy atom. The number of ether oxygens (including phenoxy) is 1. The highest BCUT2D eigenvalue weighted by Gasteiger charge is 2.26. The first-order valence-electron chi connectivity index (χ1n) is 8.78. The van der Waals surface area contributed by atoms with Gasteiger partial charge >= 0.3 is 12.1 Å². The maximum absolute atomic E-state index is 12.5. The molecule has 0 saturated carbocycles. The molecule has 3 N–H and O–H groups in total. The Labute approximate surface area is 166 Å². The summed E-state index contributed by atoms with van der Waals surface area (Å²) in [6.45, 7) is 0. The SMILES string of the molecule is COC(=O)N[C@@H](Cc1ccc(-c2ccccc2)cc1)C(=O)On1c(O)ccc1O. The zero-order valence-electron chi connectivity index (χ0n) is 15.6. The smallest absolute Gasteiger partial charge is 0.407 e. The largest absolute Gasteiger partial charge is 0.492 e. The van der Waals surface area contributed by atoms with Crippen molar-refractivity contribution in [1.29, 1.82) is 0 Å². The van der Waals surface area contributed by atoms with E-state index in [0.29, 0.717) is 4.73 Å². The Kier molecular flexibility index (Phi) is 6.03. The molecule has 8 heteroatoms. The lowest BCUT2D eigenvalue weighted by atomic mass is 10.0. The Balaban J connectivity index is 1.76. The molecule has 0 aliphatic rings. The normalized spacial score (nSPS) is 11.5. The minimum Gasteiger partial charge on any atom is -0.492 e. The number of hydrogen-bond donors (Lipinski definition) is 3. The first-order chi connectivity index (χ1) is 14.0. The van der Waals surface area contributed by atoms with Gasteiger partial charge in [0.15, 0.2) is 0 Å². The van der Waals surface area contributed by atoms with Crippen molar-refractivity contribution in [3.63, 3.8) is 0 Å². The van der Waals surface area contributed by atoms with Crippen molar-refractivity contribution < 1.29 is 29.4 Å². The monoisotopic (exact) mass is 396 g/mol. The van der Waals surface area contributed by atoms with Crippen LogP contribution in [0.25, 0.3) is 11.1 Å². The highest BCUT2D eigenvalue weighted by Crippen LogP contribution is 2.21. The van der Waals surface area contributed by atoms with Gasteiger partial charge in [0.05, 0.1) is 7.11 Å². The van der Waals surface area contributed by atoms with Gasteiger partial charge in [0.2, 0.25) is 11.8 Å². The molecule has 0 spiro atoms. The van der Waals surface area contributed by atoms with Crippen LogP contribution < -0.4 is 10.2 Å². The first-order valence-corrected chi connectivity index (χ1v) is 8.78. The van der Waals surface area contributed by atoms with Crippen LogP contribution in [0, 0.1) is 0 Å². The van der Waals surface area contributed by atoms with E-state index in [1.54, 1.807) is 0 Å². The maximum Gasteiger partial charge on any atom is 0.407 e. The van der Waals surface area contributed by atoms with E-state index < -0.39 is 29.9 Å². The van der Waals surface area contributed by atoms with Crippen LogP contribution in [-0.4, -0.2) is 40.2 Å². The summed E-state index contributed by atoms with van der Waals surface area (Å²) in [5, 5.41) is 21.7. The van der Waals surface area contributed by atoms with Crippen LogP contribution in [0.5, 0.6) is 11.8 Å². The van der Waals surface area contributed by atoms with Crippen molar-refractivity contribution in [1.82, 2.24) is 10.0 Å². The third kappa shape index (κ3) is 4.86. The van der Waals surface area contributed by atoms with E-state index in [-0.39, 0.29) is 6.42 Å². The van der Waals surface area contributed by atoms with E-state index in [4.69, 9.17) is 4.84 Å². The number of aromatic hydroxyl groups is 2. The third-order valence-corrected chi connectivity index (χ3v) is 4.24. The average Bonchev–Trinajstić information content (AvgIpc) is 3.06. The summed E-state index contributed by atoms with van der Waals surface area (Å²) in [6, 6.07) is 18.5. The molecule has 0 aliphatic heterocycles. The molecule has 0 fully saturated rings. The van der Waals surface area contributed by atoms with Crippen molar-refractivity contribution in [3.8, 4) is 22.9 Å². The van der Waals surface area contributed by atoms with Crippen LogP contribution >= 0.6 is 0 Å². The predicted octanol–water partition coefficient (Wildman–Crippen LogP) is 2.49. The molecule has 1 amide bonds. The van der Waals surface area contributed by atoms with Gasteiger partial charge in [-0.3, -0.25) is 0 Å². The molecule has 0 saturated heterocycles. The third-order valence-electron chi connectivity index (χ3n) is 4.24. The van der Waals surface area contributed by atoms with E-state index in [2.05, 4.69) is 10.1 Å². The number of alkyl carbamates (subject to hydrolysis) is 1. The Morgan fingerprint density at radius 2 is 1.52 bits per heavy atom. The molecule has 0 unspecified atom stereocenters. The molecule has 1 aromatic heterocycles. The summed E-state index contributed by atoms with van der Waals surface area (Å²) in [5.74, 6) is -1.80. The fourth-order valence-corrected chi connectivity index (χ4v) is 2.74. The molecule has 150 valence electrons. The van der Waals surface area contributed by atoms with Crippen LogP contribution in [0.2, 0.25) is 0 Å². The summed E-state index contributed by atoms with van der Waals surface area (Å²) < 4.78 is 5.13. The van der Waals surface area contributed by atoms with Crippen LogP contribution in [0.4, 0.5) is 4.79 Å². The van der Waals surface area contributed by atoms with E-state index in [1.165, 1.54) is 7.11 Å². The van der Waals surface area contributed by atoms with Gasteiger partial charge in [-0.05, 0) is 16.7 Å². The number of amides is 1. The zero-order valence-corrected chi connectivity index (χ0v) is 15.6. The van der Waals surface area contributed by atoms with Crippen LogP contribution in [0.3, 0.4) is 0 Å². The van der Waals surface area contributed by atoms with Crippen molar-refractivity contribution in [3.05, 3.63) is 72.3 Å². The molecule has 0 radical (unpaired) electrons. The highest BCUT2D eigenvalue weighted by molar-refractivity contribution is 5.82. The lowest BCUT2D eigenvalue weighted by molar-refractivity contribution is -0.147. The number of rotatable bonds is 6. The van der Waals surface area contributed by atoms with E-state index in [0.717, 1.165) is 28.8 Å². The minimum atomic E-state index is -1.11. The lowest BCUT2D eigenvalue weighted by Crippen LogP contribution is -2.46. The average molecular weight is 396 g/mol. The quantitative estimate of drug-likeness (QED) is 0.591. The van der Waals surface area contributed by atoms with Gasteiger partial charge in [0.25, 0.3) is 0 Å². The van der Waals surface area contributed by atoms with Gasteiger partial charge in [-0.25, -0.2) is 9.59 Å². The first kappa shape index (κ1) is 19.8. The van der Waals surface area contributed by atoms with Gasteiger partial charge in [-0.1, -0.05) is 54.6 Å². The summed E-state index contributed by atoms with van der Waals surface area (Å²) in [6.07, 6.45) is -0.694. The zero-order chi connectivity index (χ0) is 20.8. The lowest BCUT2D eigenvalue weighted by Gasteiger charge is -2.17. The summed E-state index contributed by atoms with van der Waals surface area (Å²) in [4.78, 5) is 29.2. The number of carbonyl (C=O) groups excluding carboxylic acids is 2. The van der Waals surface area contributed by atoms with Crippen LogP contribution in [0.1, 0.15) is 5.56 Å². The predicted molar refractivity (Wildman–Crippen MR) is 104 cm³/mol. The van der Waals surface area contributed by atoms with Crippen LogP contribution in [-0.2, 0) is 16.0 Å². The molecular formula is C21H20N2O6. The number of benzene rings is 2. The summed E-state index contributed by atoms with van der Waals surface area (Å²) >= 11 is 0. The second-order valence-corrected chi connectivity index (χ2v) is 6.21. The van der Waals surface area contributed by atoms with Gasteiger partial charge in [0.1, 0.15) is 6.04 Å². The fourth-order valence-electron chi connectivity index (χ4n) is 2.74. The summed E-state index contributed by atoms with van der Waals surface area (Å²) in [5.41, 5.74) is 2.84. The number of nitrogens with one attached hydrogen (secondary N) is 1. The Bertz CT molecular complexity index is 963. The van der Waals surface area contributed by atoms with Crippen molar-refractivity contribution in [2.45, 2.75) is 12.5 Å². The standard InChI is InChI=1S/C21H20N2O6/c1-28-21(27)22-17(20(26)29-23-18(24)11-12-19(23)25)13-14-7-9-16(10-8-14)15-5-3-2-4-6-15/h2-12,17,24-25H,13H2,1H3,(H,22,27)/t17-/m0/s1. The second-order valence-electron chi connectivity index (χ2n) is 6.21. The second kappa shape index (κ2) is 8.83. The maximum atomic E-state index is 12.5. The number of methoxy groups -OCH3 is 1.